The van der Waals surface area contributed by atoms with Crippen LogP contribution in [0.3, 0.4) is 0 Å². The van der Waals surface area contributed by atoms with Crippen molar-refractivity contribution in [2.75, 3.05) is 19.5 Å². The van der Waals surface area contributed by atoms with Gasteiger partial charge in [0.1, 0.15) is 5.82 Å². The van der Waals surface area contributed by atoms with E-state index < -0.39 is 16.6 Å². The van der Waals surface area contributed by atoms with Gasteiger partial charge in [0, 0.05) is 24.7 Å². The van der Waals surface area contributed by atoms with Gasteiger partial charge in [-0.05, 0) is 24.6 Å². The summed E-state index contributed by atoms with van der Waals surface area (Å²) in [5, 5.41) is -0.141. The summed E-state index contributed by atoms with van der Waals surface area (Å²) in [6.07, 6.45) is 0.632. The topological polar surface area (TPSA) is 52.3 Å². The average Bonchev–Trinajstić information content (AvgIpc) is 2.25. The largest absolute Gasteiger partial charge is 0.399 e. The Morgan fingerprint density at radius 3 is 2.81 bits per heavy atom. The lowest BCUT2D eigenvalue weighted by molar-refractivity contribution is 0.195. The number of halogens is 1. The van der Waals surface area contributed by atoms with Crippen LogP contribution in [0.25, 0.3) is 0 Å². The minimum Gasteiger partial charge on any atom is -0.399 e. The molecule has 16 heavy (non-hydrogen) atoms. The van der Waals surface area contributed by atoms with E-state index in [1.807, 2.05) is 6.92 Å². The van der Waals surface area contributed by atoms with E-state index in [0.717, 1.165) is 0 Å². The second kappa shape index (κ2) is 5.96. The predicted octanol–water partition coefficient (Wildman–Crippen LogP) is 1.94. The molecule has 0 saturated heterocycles. The van der Waals surface area contributed by atoms with Gasteiger partial charge in [-0.25, -0.2) is 4.39 Å². The van der Waals surface area contributed by atoms with Crippen LogP contribution in [0.2, 0.25) is 0 Å². The molecule has 0 fully saturated rings. The first-order valence-corrected chi connectivity index (χ1v) is 6.22. The van der Waals surface area contributed by atoms with E-state index in [0.29, 0.717) is 18.7 Å². The van der Waals surface area contributed by atoms with Crippen LogP contribution in [0.4, 0.5) is 10.1 Å². The van der Waals surface area contributed by atoms with Crippen molar-refractivity contribution in [1.29, 1.82) is 0 Å². The molecule has 2 N–H and O–H groups in total. The second-order valence-corrected chi connectivity index (χ2v) is 5.42. The Labute approximate surface area is 97.2 Å². The number of nitrogen functional groups attached to an aromatic ring is 1. The minimum atomic E-state index is -1.36. The first kappa shape index (κ1) is 13.1. The van der Waals surface area contributed by atoms with Crippen molar-refractivity contribution in [3.8, 4) is 0 Å². The third-order valence-corrected chi connectivity index (χ3v) is 4.00. The molecule has 2 atom stereocenters. The molecule has 0 saturated carbocycles. The quantitative estimate of drug-likeness (QED) is 0.807. The molecule has 3 nitrogen and oxygen atoms in total. The van der Waals surface area contributed by atoms with Crippen LogP contribution >= 0.6 is 0 Å². The van der Waals surface area contributed by atoms with E-state index in [1.165, 1.54) is 12.1 Å². The summed E-state index contributed by atoms with van der Waals surface area (Å²) in [4.78, 5) is 0.206. The van der Waals surface area contributed by atoms with Crippen LogP contribution in [-0.4, -0.2) is 23.2 Å². The Kier molecular flexibility index (Phi) is 4.89. The van der Waals surface area contributed by atoms with Crippen molar-refractivity contribution in [1.82, 2.24) is 0 Å². The summed E-state index contributed by atoms with van der Waals surface area (Å²) < 4.78 is 30.3. The maximum absolute atomic E-state index is 13.5. The van der Waals surface area contributed by atoms with E-state index in [-0.39, 0.29) is 10.1 Å². The minimum absolute atomic E-state index is 0.141. The molecule has 5 heteroatoms. The van der Waals surface area contributed by atoms with Crippen molar-refractivity contribution in [3.63, 3.8) is 0 Å². The van der Waals surface area contributed by atoms with Crippen LogP contribution in [0, 0.1) is 5.82 Å². The van der Waals surface area contributed by atoms with E-state index in [1.54, 1.807) is 13.2 Å². The van der Waals surface area contributed by atoms with Gasteiger partial charge in [0.15, 0.2) is 0 Å². The smallest absolute Gasteiger partial charge is 0.141 e. The number of nitrogens with two attached hydrogens (primary N) is 1. The zero-order valence-corrected chi connectivity index (χ0v) is 10.2. The molecule has 0 aliphatic carbocycles. The monoisotopic (exact) mass is 245 g/mol. The van der Waals surface area contributed by atoms with Gasteiger partial charge in [0.2, 0.25) is 0 Å². The fourth-order valence-corrected chi connectivity index (χ4v) is 2.48. The Bertz CT molecular complexity index is 384. The summed E-state index contributed by atoms with van der Waals surface area (Å²) in [5.41, 5.74) is 5.76. The number of hydrogen-bond acceptors (Lipinski definition) is 3. The lowest BCUT2D eigenvalue weighted by Gasteiger charge is -2.11. The molecule has 0 radical (unpaired) electrons. The van der Waals surface area contributed by atoms with Gasteiger partial charge in [0.05, 0.1) is 15.7 Å². The molecule has 0 spiro atoms. The molecule has 0 aliphatic heterocycles. The summed E-state index contributed by atoms with van der Waals surface area (Å²) in [6.45, 7) is 2.33. The number of anilines is 1. The van der Waals surface area contributed by atoms with Crippen molar-refractivity contribution < 1.29 is 13.3 Å². The maximum atomic E-state index is 13.5. The lowest BCUT2D eigenvalue weighted by Crippen LogP contribution is -2.14. The molecule has 1 aromatic carbocycles. The molecule has 0 aliphatic rings. The van der Waals surface area contributed by atoms with Gasteiger partial charge >= 0.3 is 0 Å². The van der Waals surface area contributed by atoms with Crippen LogP contribution in [-0.2, 0) is 15.5 Å². The van der Waals surface area contributed by atoms with Crippen molar-refractivity contribution in [2.45, 2.75) is 23.5 Å². The molecule has 0 amide bonds. The zero-order valence-electron chi connectivity index (χ0n) is 9.40. The first-order valence-electron chi connectivity index (χ1n) is 5.00. The summed E-state index contributed by atoms with van der Waals surface area (Å²) >= 11 is 0. The molecule has 0 bridgehead atoms. The third-order valence-electron chi connectivity index (χ3n) is 2.27. The maximum Gasteiger partial charge on any atom is 0.141 e. The number of hydrogen-bond donors (Lipinski definition) is 1. The molecule has 90 valence electrons. The number of methoxy groups -OCH3 is 1. The Balaban J connectivity index is 2.79. The molecule has 0 heterocycles. The SMILES string of the molecule is COCCC(C)S(=O)c1ccc(N)cc1F. The van der Waals surface area contributed by atoms with Crippen molar-refractivity contribution in [2.24, 2.45) is 0 Å². The fraction of sp³-hybridized carbons (Fsp3) is 0.455. The molecular weight excluding hydrogens is 229 g/mol. The molecule has 2 unspecified atom stereocenters. The van der Waals surface area contributed by atoms with E-state index >= 15 is 0 Å². The standard InChI is InChI=1S/C11H16FNO2S/c1-8(5-6-15-2)16(14)11-4-3-9(13)7-10(11)12/h3-4,7-8H,5-6,13H2,1-2H3. The normalized spacial score (nSPS) is 14.7. The van der Waals surface area contributed by atoms with Crippen LogP contribution < -0.4 is 5.73 Å². The number of rotatable bonds is 5. The van der Waals surface area contributed by atoms with E-state index in [2.05, 4.69) is 0 Å². The molecule has 1 aromatic rings. The highest BCUT2D eigenvalue weighted by Crippen LogP contribution is 2.19. The molecular formula is C11H16FNO2S. The van der Waals surface area contributed by atoms with E-state index in [4.69, 9.17) is 10.5 Å². The van der Waals surface area contributed by atoms with Gasteiger partial charge in [-0.1, -0.05) is 6.92 Å². The second-order valence-electron chi connectivity index (χ2n) is 3.58. The van der Waals surface area contributed by atoms with Gasteiger partial charge in [-0.3, -0.25) is 4.21 Å². The number of benzene rings is 1. The lowest BCUT2D eigenvalue weighted by atomic mass is 10.3. The van der Waals surface area contributed by atoms with Gasteiger partial charge < -0.3 is 10.5 Å². The van der Waals surface area contributed by atoms with Gasteiger partial charge in [-0.15, -0.1) is 0 Å². The third kappa shape index (κ3) is 3.28. The Morgan fingerprint density at radius 2 is 2.25 bits per heavy atom. The molecule has 0 aromatic heterocycles. The highest BCUT2D eigenvalue weighted by molar-refractivity contribution is 7.85. The predicted molar refractivity (Wildman–Crippen MR) is 63.2 cm³/mol. The fourth-order valence-electron chi connectivity index (χ4n) is 1.29. The zero-order chi connectivity index (χ0) is 12.1. The van der Waals surface area contributed by atoms with E-state index in [9.17, 15) is 8.60 Å². The Hall–Kier alpha value is -0.940. The summed E-state index contributed by atoms with van der Waals surface area (Å²) in [6, 6.07) is 4.22. The molecule has 1 rings (SSSR count). The van der Waals surface area contributed by atoms with Gasteiger partial charge in [-0.2, -0.15) is 0 Å². The average molecular weight is 245 g/mol. The Morgan fingerprint density at radius 1 is 1.56 bits per heavy atom. The van der Waals surface area contributed by atoms with Crippen LogP contribution in [0.1, 0.15) is 13.3 Å². The van der Waals surface area contributed by atoms with Crippen molar-refractivity contribution in [3.05, 3.63) is 24.0 Å². The number of ether oxygens (including phenoxy) is 1. The summed E-state index contributed by atoms with van der Waals surface area (Å²) in [5.74, 6) is -0.511. The van der Waals surface area contributed by atoms with Gasteiger partial charge in [0.25, 0.3) is 0 Å². The highest BCUT2D eigenvalue weighted by Gasteiger charge is 2.16. The summed E-state index contributed by atoms with van der Waals surface area (Å²) in [7, 11) is 0.223. The first-order chi connectivity index (χ1) is 7.56. The highest BCUT2D eigenvalue weighted by atomic mass is 32.2. The van der Waals surface area contributed by atoms with Crippen LogP contribution in [0.15, 0.2) is 23.1 Å². The van der Waals surface area contributed by atoms with Crippen LogP contribution in [0.5, 0.6) is 0 Å². The van der Waals surface area contributed by atoms with Crippen molar-refractivity contribution >= 4 is 16.5 Å².